The Bertz CT molecular complexity index is 1400. The van der Waals surface area contributed by atoms with E-state index in [1.807, 2.05) is 42.5 Å². The molecule has 1 aliphatic rings. The topological polar surface area (TPSA) is 46.2 Å². The van der Waals surface area contributed by atoms with Gasteiger partial charge in [-0.1, -0.05) is 123 Å². The van der Waals surface area contributed by atoms with Crippen LogP contribution in [0.3, 0.4) is 0 Å². The normalized spacial score (nSPS) is 21.9. The van der Waals surface area contributed by atoms with Gasteiger partial charge in [0, 0.05) is 17.4 Å². The predicted molar refractivity (Wildman–Crippen MR) is 181 cm³/mol. The molecule has 0 unspecified atom stereocenters. The average molecular weight is 627 g/mol. The Kier molecular flexibility index (Phi) is 12.3. The number of methoxy groups -OCH3 is 1. The third kappa shape index (κ3) is 9.52. The van der Waals surface area contributed by atoms with Crippen LogP contribution in [0.2, 0.25) is 0 Å². The molecule has 1 aliphatic heterocycles. The maximum absolute atomic E-state index is 7.10. The van der Waals surface area contributed by atoms with Gasteiger partial charge in [-0.3, -0.25) is 0 Å². The van der Waals surface area contributed by atoms with Crippen LogP contribution in [-0.4, -0.2) is 50.0 Å². The monoisotopic (exact) mass is 626 g/mol. The molecule has 0 aliphatic carbocycles. The lowest BCUT2D eigenvalue weighted by Crippen LogP contribution is -2.63. The van der Waals surface area contributed by atoms with Crippen LogP contribution in [0.4, 0.5) is 0 Å². The van der Waals surface area contributed by atoms with Crippen LogP contribution >= 0.6 is 11.8 Å². The number of ether oxygens (including phenoxy) is 5. The number of thioether (sulfide) groups is 1. The van der Waals surface area contributed by atoms with Crippen molar-refractivity contribution in [1.82, 2.24) is 0 Å². The zero-order valence-corrected chi connectivity index (χ0v) is 27.7. The van der Waals surface area contributed by atoms with Crippen molar-refractivity contribution in [1.29, 1.82) is 0 Å². The lowest BCUT2D eigenvalue weighted by Gasteiger charge is -2.51. The van der Waals surface area contributed by atoms with E-state index in [1.54, 1.807) is 18.9 Å². The molecule has 0 N–H and O–H groups in total. The maximum atomic E-state index is 7.10. The van der Waals surface area contributed by atoms with Crippen molar-refractivity contribution in [3.05, 3.63) is 138 Å². The van der Waals surface area contributed by atoms with Crippen molar-refractivity contribution in [3.8, 4) is 0 Å². The molecule has 0 radical (unpaired) electrons. The SMILES string of the molecule is COCC(C)(C)[C@@H]1O[C@H](COCc2ccccc2)[C@@H](OCc2ccccc2)[C@H](OCc2ccccc2)[C@H]1Sc1ccc(C)cc1. The molecule has 1 heterocycles. The van der Waals surface area contributed by atoms with Crippen molar-refractivity contribution in [2.75, 3.05) is 20.3 Å². The number of aryl methyl sites for hydroxylation is 1. The first-order chi connectivity index (χ1) is 21.9. The first kappa shape index (κ1) is 33.4. The van der Waals surface area contributed by atoms with E-state index in [2.05, 4.69) is 93.6 Å². The summed E-state index contributed by atoms with van der Waals surface area (Å²) in [5.74, 6) is 0. The molecule has 0 saturated carbocycles. The molecule has 0 spiro atoms. The smallest absolute Gasteiger partial charge is 0.114 e. The van der Waals surface area contributed by atoms with Gasteiger partial charge in [-0.05, 0) is 35.7 Å². The molecule has 5 atom stereocenters. The van der Waals surface area contributed by atoms with Gasteiger partial charge < -0.3 is 23.7 Å². The van der Waals surface area contributed by atoms with Crippen LogP contribution in [0.15, 0.2) is 120 Å². The summed E-state index contributed by atoms with van der Waals surface area (Å²) in [6.07, 6.45) is -1.22. The molecular formula is C39H46O5S. The fourth-order valence-electron chi connectivity index (χ4n) is 5.83. The van der Waals surface area contributed by atoms with Gasteiger partial charge >= 0.3 is 0 Å². The highest BCUT2D eigenvalue weighted by atomic mass is 32.2. The molecule has 5 nitrogen and oxygen atoms in total. The number of hydrogen-bond acceptors (Lipinski definition) is 6. The molecule has 4 aromatic carbocycles. The Morgan fingerprint density at radius 1 is 0.667 bits per heavy atom. The Morgan fingerprint density at radius 3 is 1.71 bits per heavy atom. The molecule has 5 rings (SSSR count). The lowest BCUT2D eigenvalue weighted by atomic mass is 9.80. The van der Waals surface area contributed by atoms with Gasteiger partial charge in [0.2, 0.25) is 0 Å². The van der Waals surface area contributed by atoms with Crippen LogP contribution in [0.25, 0.3) is 0 Å². The Morgan fingerprint density at radius 2 is 1.18 bits per heavy atom. The average Bonchev–Trinajstić information content (AvgIpc) is 3.06. The summed E-state index contributed by atoms with van der Waals surface area (Å²) in [5, 5.41) is -0.0762. The van der Waals surface area contributed by atoms with Crippen LogP contribution in [0.1, 0.15) is 36.1 Å². The first-order valence-corrected chi connectivity index (χ1v) is 16.6. The van der Waals surface area contributed by atoms with E-state index in [1.165, 1.54) is 10.5 Å². The molecule has 238 valence electrons. The second kappa shape index (κ2) is 16.5. The largest absolute Gasteiger partial charge is 0.384 e. The number of rotatable bonds is 15. The zero-order chi connectivity index (χ0) is 31.5. The van der Waals surface area contributed by atoms with Gasteiger partial charge in [0.15, 0.2) is 0 Å². The van der Waals surface area contributed by atoms with Gasteiger partial charge in [0.05, 0.1) is 44.4 Å². The van der Waals surface area contributed by atoms with Gasteiger partial charge in [0.25, 0.3) is 0 Å². The van der Waals surface area contributed by atoms with E-state index in [0.29, 0.717) is 33.0 Å². The van der Waals surface area contributed by atoms with Crippen molar-refractivity contribution < 1.29 is 23.7 Å². The molecule has 0 bridgehead atoms. The van der Waals surface area contributed by atoms with E-state index in [4.69, 9.17) is 23.7 Å². The minimum atomic E-state index is -0.373. The third-order valence-electron chi connectivity index (χ3n) is 8.18. The Balaban J connectivity index is 1.50. The zero-order valence-electron chi connectivity index (χ0n) is 26.8. The Labute approximate surface area is 273 Å². The second-order valence-electron chi connectivity index (χ2n) is 12.4. The summed E-state index contributed by atoms with van der Waals surface area (Å²) in [4.78, 5) is 1.17. The van der Waals surface area contributed by atoms with Crippen molar-refractivity contribution >= 4 is 11.8 Å². The standard InChI is InChI=1S/C39H46O5S/c1-29-20-22-33(23-21-29)45-37-36(43-26-32-18-12-7-13-19-32)35(42-25-31-16-10-6-11-17-31)34(44-38(37)39(2,3)28-40-4)27-41-24-30-14-8-5-9-15-30/h5-23,34-38H,24-28H2,1-4H3/t34-,35-,36+,37-,38-/m1/s1. The second-order valence-corrected chi connectivity index (χ2v) is 13.7. The fourth-order valence-corrected chi connectivity index (χ4v) is 7.36. The fraction of sp³-hybridized carbons (Fsp3) is 0.385. The van der Waals surface area contributed by atoms with Gasteiger partial charge in [-0.2, -0.15) is 0 Å². The number of hydrogen-bond donors (Lipinski definition) is 0. The van der Waals surface area contributed by atoms with Crippen LogP contribution < -0.4 is 0 Å². The van der Waals surface area contributed by atoms with E-state index in [9.17, 15) is 0 Å². The lowest BCUT2D eigenvalue weighted by molar-refractivity contribution is -0.237. The van der Waals surface area contributed by atoms with E-state index < -0.39 is 0 Å². The predicted octanol–water partition coefficient (Wildman–Crippen LogP) is 8.28. The van der Waals surface area contributed by atoms with E-state index in [0.717, 1.165) is 16.7 Å². The summed E-state index contributed by atoms with van der Waals surface area (Å²) in [6, 6.07) is 39.6. The summed E-state index contributed by atoms with van der Waals surface area (Å²) < 4.78 is 33.0. The quantitative estimate of drug-likeness (QED) is 0.132. The van der Waals surface area contributed by atoms with Crippen molar-refractivity contribution in [3.63, 3.8) is 0 Å². The van der Waals surface area contributed by atoms with Crippen LogP contribution in [-0.2, 0) is 43.5 Å². The minimum Gasteiger partial charge on any atom is -0.384 e. The van der Waals surface area contributed by atoms with E-state index >= 15 is 0 Å². The molecule has 45 heavy (non-hydrogen) atoms. The minimum absolute atomic E-state index is 0.0762. The molecule has 6 heteroatoms. The maximum Gasteiger partial charge on any atom is 0.114 e. The summed E-state index contributed by atoms with van der Waals surface area (Å²) in [6.45, 7) is 8.87. The van der Waals surface area contributed by atoms with Crippen molar-refractivity contribution in [2.24, 2.45) is 5.41 Å². The number of benzene rings is 4. The van der Waals surface area contributed by atoms with Crippen LogP contribution in [0, 0.1) is 12.3 Å². The molecule has 1 saturated heterocycles. The van der Waals surface area contributed by atoms with Crippen molar-refractivity contribution in [2.45, 2.75) is 75.2 Å². The highest BCUT2D eigenvalue weighted by Gasteiger charge is 2.52. The Hall–Kier alpha value is -2.97. The van der Waals surface area contributed by atoms with E-state index in [-0.39, 0.29) is 35.1 Å². The molecule has 4 aromatic rings. The third-order valence-corrected chi connectivity index (χ3v) is 9.51. The van der Waals surface area contributed by atoms with Gasteiger partial charge in [-0.25, -0.2) is 0 Å². The summed E-state index contributed by atoms with van der Waals surface area (Å²) in [5.41, 5.74) is 4.26. The van der Waals surface area contributed by atoms with Gasteiger partial charge in [0.1, 0.15) is 18.3 Å². The highest BCUT2D eigenvalue weighted by Crippen LogP contribution is 2.44. The summed E-state index contributed by atoms with van der Waals surface area (Å²) in [7, 11) is 1.75. The summed E-state index contributed by atoms with van der Waals surface area (Å²) >= 11 is 1.80. The highest BCUT2D eigenvalue weighted by molar-refractivity contribution is 8.00. The molecule has 0 amide bonds. The molecule has 0 aromatic heterocycles. The van der Waals surface area contributed by atoms with Gasteiger partial charge in [-0.15, -0.1) is 11.8 Å². The molecule has 1 fully saturated rings. The first-order valence-electron chi connectivity index (χ1n) is 15.7. The molecular weight excluding hydrogens is 580 g/mol. The van der Waals surface area contributed by atoms with Crippen LogP contribution in [0.5, 0.6) is 0 Å².